The van der Waals surface area contributed by atoms with Crippen molar-refractivity contribution in [2.75, 3.05) is 4.90 Å². The van der Waals surface area contributed by atoms with Crippen LogP contribution in [0.1, 0.15) is 31.4 Å². The van der Waals surface area contributed by atoms with Gasteiger partial charge in [-0.05, 0) is 57.4 Å². The molecule has 1 heterocycles. The summed E-state index contributed by atoms with van der Waals surface area (Å²) in [7, 11) is 0. The van der Waals surface area contributed by atoms with Gasteiger partial charge in [0.05, 0.1) is 5.69 Å². The van der Waals surface area contributed by atoms with Gasteiger partial charge in [-0.25, -0.2) is 4.79 Å². The van der Waals surface area contributed by atoms with Crippen LogP contribution in [-0.2, 0) is 16.0 Å². The van der Waals surface area contributed by atoms with E-state index >= 15 is 0 Å². The van der Waals surface area contributed by atoms with Gasteiger partial charge in [0, 0.05) is 5.02 Å². The van der Waals surface area contributed by atoms with Crippen molar-refractivity contribution < 1.29 is 19.4 Å². The minimum atomic E-state index is -1.15. The Labute approximate surface area is 163 Å². The zero-order valence-corrected chi connectivity index (χ0v) is 16.3. The van der Waals surface area contributed by atoms with Gasteiger partial charge in [0.1, 0.15) is 11.8 Å². The second kappa shape index (κ2) is 7.24. The maximum Gasteiger partial charge on any atom is 0.326 e. The van der Waals surface area contributed by atoms with Gasteiger partial charge >= 0.3 is 5.97 Å². The molecule has 0 radical (unpaired) electrons. The fraction of sp³-hybridized carbons (Fsp3) is 0.333. The van der Waals surface area contributed by atoms with E-state index in [1.165, 1.54) is 4.90 Å². The zero-order valence-electron chi connectivity index (χ0n) is 15.5. The number of halogens is 1. The lowest BCUT2D eigenvalue weighted by atomic mass is 9.98. The summed E-state index contributed by atoms with van der Waals surface area (Å²) >= 11 is 6.09. The predicted molar refractivity (Wildman–Crippen MR) is 105 cm³/mol. The van der Waals surface area contributed by atoms with E-state index in [1.807, 2.05) is 31.2 Å². The molecule has 0 spiro atoms. The van der Waals surface area contributed by atoms with Crippen LogP contribution in [0.2, 0.25) is 5.02 Å². The lowest BCUT2D eigenvalue weighted by Crippen LogP contribution is -2.58. The largest absolute Gasteiger partial charge is 0.480 e. The first-order valence-electron chi connectivity index (χ1n) is 8.79. The third-order valence-electron chi connectivity index (χ3n) is 4.70. The highest BCUT2D eigenvalue weighted by Gasteiger charge is 2.45. The summed E-state index contributed by atoms with van der Waals surface area (Å²) in [5.41, 5.74) is 1.40. The number of aliphatic carboxylic acids is 1. The maximum absolute atomic E-state index is 13.0. The predicted octanol–water partition coefficient (Wildman–Crippen LogP) is 4.24. The molecule has 0 fully saturated rings. The number of carboxylic acids is 1. The average molecular weight is 388 g/mol. The monoisotopic (exact) mass is 387 g/mol. The summed E-state index contributed by atoms with van der Waals surface area (Å²) in [6, 6.07) is 11.8. The second-order valence-electron chi connectivity index (χ2n) is 7.28. The third kappa shape index (κ3) is 3.93. The first kappa shape index (κ1) is 19.2. The molecular weight excluding hydrogens is 366 g/mol. The molecular formula is C21H22ClNO4. The molecule has 0 aromatic heterocycles. The number of carboxylic acid groups (broad SMARTS) is 1. The van der Waals surface area contributed by atoms with E-state index < -0.39 is 23.5 Å². The molecule has 142 valence electrons. The van der Waals surface area contributed by atoms with Crippen molar-refractivity contribution in [3.05, 3.63) is 58.6 Å². The molecule has 1 aliphatic rings. The molecule has 3 rings (SSSR count). The van der Waals surface area contributed by atoms with E-state index in [0.717, 1.165) is 11.1 Å². The number of anilines is 1. The van der Waals surface area contributed by atoms with Gasteiger partial charge in [0.2, 0.25) is 0 Å². The van der Waals surface area contributed by atoms with Crippen LogP contribution in [0, 0.1) is 6.92 Å². The molecule has 2 aromatic rings. The Morgan fingerprint density at radius 1 is 1.22 bits per heavy atom. The van der Waals surface area contributed by atoms with Gasteiger partial charge in [0.15, 0.2) is 5.60 Å². The lowest BCUT2D eigenvalue weighted by Gasteiger charge is -2.41. The summed E-state index contributed by atoms with van der Waals surface area (Å²) in [4.78, 5) is 26.4. The summed E-state index contributed by atoms with van der Waals surface area (Å²) < 4.78 is 5.78. The summed E-state index contributed by atoms with van der Waals surface area (Å²) in [6.07, 6.45) is 0.824. The fourth-order valence-corrected chi connectivity index (χ4v) is 3.38. The van der Waals surface area contributed by atoms with Crippen LogP contribution in [0.4, 0.5) is 5.69 Å². The molecule has 6 heteroatoms. The van der Waals surface area contributed by atoms with Crippen molar-refractivity contribution in [1.82, 2.24) is 0 Å². The Balaban J connectivity index is 1.95. The lowest BCUT2D eigenvalue weighted by molar-refractivity contribution is -0.143. The minimum Gasteiger partial charge on any atom is -0.480 e. The molecule has 0 saturated heterocycles. The Hall–Kier alpha value is -2.53. The number of ether oxygens (including phenoxy) is 1. The number of aryl methyl sites for hydroxylation is 2. The molecule has 1 atom stereocenters. The van der Waals surface area contributed by atoms with E-state index in [2.05, 4.69) is 0 Å². The van der Waals surface area contributed by atoms with E-state index in [4.69, 9.17) is 16.3 Å². The number of carbonyl (C=O) groups excluding carboxylic acids is 1. The van der Waals surface area contributed by atoms with E-state index in [0.29, 0.717) is 22.9 Å². The second-order valence-corrected chi connectivity index (χ2v) is 7.71. The van der Waals surface area contributed by atoms with Gasteiger partial charge in [-0.2, -0.15) is 0 Å². The van der Waals surface area contributed by atoms with Gasteiger partial charge in [-0.1, -0.05) is 41.4 Å². The molecule has 1 aliphatic heterocycles. The van der Waals surface area contributed by atoms with Crippen molar-refractivity contribution in [3.8, 4) is 5.75 Å². The molecule has 1 unspecified atom stereocenters. The topological polar surface area (TPSA) is 66.8 Å². The number of benzene rings is 2. The number of hydrogen-bond acceptors (Lipinski definition) is 3. The fourth-order valence-electron chi connectivity index (χ4n) is 3.21. The smallest absolute Gasteiger partial charge is 0.326 e. The number of fused-ring (bicyclic) bond motifs is 1. The summed E-state index contributed by atoms with van der Waals surface area (Å²) in [6.45, 7) is 5.27. The normalized spacial score (nSPS) is 16.4. The molecule has 1 amide bonds. The number of carbonyl (C=O) groups is 2. The Kier molecular flexibility index (Phi) is 5.16. The van der Waals surface area contributed by atoms with Crippen LogP contribution in [0.15, 0.2) is 42.5 Å². The summed E-state index contributed by atoms with van der Waals surface area (Å²) in [5.74, 6) is -1.00. The molecule has 2 aromatic carbocycles. The molecule has 1 N–H and O–H groups in total. The van der Waals surface area contributed by atoms with Crippen molar-refractivity contribution in [1.29, 1.82) is 0 Å². The van der Waals surface area contributed by atoms with Crippen LogP contribution in [-0.4, -0.2) is 28.6 Å². The highest BCUT2D eigenvalue weighted by atomic mass is 35.5. The van der Waals surface area contributed by atoms with Crippen LogP contribution < -0.4 is 9.64 Å². The maximum atomic E-state index is 13.0. The van der Waals surface area contributed by atoms with Gasteiger partial charge in [0.25, 0.3) is 5.91 Å². The van der Waals surface area contributed by atoms with Crippen molar-refractivity contribution in [2.45, 2.75) is 45.3 Å². The zero-order chi connectivity index (χ0) is 19.8. The molecule has 0 saturated carbocycles. The number of amides is 1. The Bertz CT molecular complexity index is 876. The van der Waals surface area contributed by atoms with Crippen molar-refractivity contribution in [2.24, 2.45) is 0 Å². The van der Waals surface area contributed by atoms with E-state index in [1.54, 1.807) is 32.0 Å². The quantitative estimate of drug-likeness (QED) is 0.833. The van der Waals surface area contributed by atoms with Crippen LogP contribution in [0.25, 0.3) is 0 Å². The summed E-state index contributed by atoms with van der Waals surface area (Å²) in [5, 5.41) is 10.3. The van der Waals surface area contributed by atoms with Crippen LogP contribution in [0.5, 0.6) is 5.75 Å². The first-order valence-corrected chi connectivity index (χ1v) is 9.17. The van der Waals surface area contributed by atoms with Gasteiger partial charge in [-0.15, -0.1) is 0 Å². The number of rotatable bonds is 5. The molecule has 5 nitrogen and oxygen atoms in total. The van der Waals surface area contributed by atoms with Crippen LogP contribution in [0.3, 0.4) is 0 Å². The van der Waals surface area contributed by atoms with Gasteiger partial charge in [-0.3, -0.25) is 9.69 Å². The van der Waals surface area contributed by atoms with Gasteiger partial charge < -0.3 is 9.84 Å². The SMILES string of the molecule is Cc1ccc(CCC(C(=O)O)N2C(=O)C(C)(C)Oc3ccc(Cl)cc32)cc1. The standard InChI is InChI=1S/C21H22ClNO4/c1-13-4-6-14(7-5-13)8-10-16(19(24)25)23-17-12-15(22)9-11-18(17)27-21(2,3)20(23)26/h4-7,9,11-12,16H,8,10H2,1-3H3,(H,24,25). The first-order chi connectivity index (χ1) is 12.7. The van der Waals surface area contributed by atoms with Crippen LogP contribution >= 0.6 is 11.6 Å². The Morgan fingerprint density at radius 3 is 2.52 bits per heavy atom. The number of nitrogens with zero attached hydrogens (tertiary/aromatic N) is 1. The van der Waals surface area contributed by atoms with E-state index in [9.17, 15) is 14.7 Å². The van der Waals surface area contributed by atoms with E-state index in [-0.39, 0.29) is 6.42 Å². The third-order valence-corrected chi connectivity index (χ3v) is 4.94. The highest BCUT2D eigenvalue weighted by Crippen LogP contribution is 2.41. The minimum absolute atomic E-state index is 0.284. The molecule has 0 aliphatic carbocycles. The molecule has 27 heavy (non-hydrogen) atoms. The Morgan fingerprint density at radius 2 is 1.89 bits per heavy atom. The highest BCUT2D eigenvalue weighted by molar-refractivity contribution is 6.31. The van der Waals surface area contributed by atoms with Crippen molar-refractivity contribution >= 4 is 29.2 Å². The number of hydrogen-bond donors (Lipinski definition) is 1. The molecule has 0 bridgehead atoms. The van der Waals surface area contributed by atoms with Crippen molar-refractivity contribution in [3.63, 3.8) is 0 Å². The average Bonchev–Trinajstić information content (AvgIpc) is 2.60.